The van der Waals surface area contributed by atoms with Crippen LogP contribution < -0.4 is 15.4 Å². The molecule has 35 heavy (non-hydrogen) atoms. The van der Waals surface area contributed by atoms with Crippen molar-refractivity contribution in [2.45, 2.75) is 38.8 Å². The molecule has 3 aromatic rings. The number of anilines is 1. The number of rotatable bonds is 8. The number of aromatic nitrogens is 2. The Balaban J connectivity index is 1.31. The summed E-state index contributed by atoms with van der Waals surface area (Å²) in [5.41, 5.74) is 11.1. The number of benzene rings is 2. The maximum atomic E-state index is 13.1. The molecule has 5 rings (SSSR count). The third kappa shape index (κ3) is 4.95. The standard InChI is InChI=1S/C26H31N5O3S/c1-17-19(5-3-8-23(17)34-14-4-11-30-12-9-18(32)16-30)20-6-2-7-22-21(20)10-13-31(22)26(33)25-29-28-24(15-27)35-25/h2-3,5-8,18,32H,4,9-16,27H2,1H3. The first-order valence-corrected chi connectivity index (χ1v) is 13.0. The molecule has 0 saturated carbocycles. The van der Waals surface area contributed by atoms with Crippen LogP contribution >= 0.6 is 11.3 Å². The lowest BCUT2D eigenvalue weighted by Gasteiger charge is -2.18. The lowest BCUT2D eigenvalue weighted by Crippen LogP contribution is -2.28. The number of carbonyl (C=O) groups is 1. The van der Waals surface area contributed by atoms with Crippen molar-refractivity contribution in [1.29, 1.82) is 0 Å². The maximum Gasteiger partial charge on any atom is 0.289 e. The molecule has 1 unspecified atom stereocenters. The zero-order chi connectivity index (χ0) is 24.4. The minimum atomic E-state index is -0.185. The second kappa shape index (κ2) is 10.4. The fraction of sp³-hybridized carbons (Fsp3) is 0.423. The Morgan fingerprint density at radius 2 is 2.03 bits per heavy atom. The Hall–Kier alpha value is -2.85. The highest BCUT2D eigenvalue weighted by Gasteiger charge is 2.30. The van der Waals surface area contributed by atoms with Gasteiger partial charge in [-0.2, -0.15) is 0 Å². The largest absolute Gasteiger partial charge is 0.493 e. The summed E-state index contributed by atoms with van der Waals surface area (Å²) in [6, 6.07) is 12.3. The van der Waals surface area contributed by atoms with Crippen LogP contribution in [0.4, 0.5) is 5.69 Å². The summed E-state index contributed by atoms with van der Waals surface area (Å²) in [5.74, 6) is 0.757. The van der Waals surface area contributed by atoms with Crippen LogP contribution in [0.1, 0.15) is 38.8 Å². The first kappa shape index (κ1) is 23.9. The SMILES string of the molecule is Cc1c(OCCCN2CCC(O)C2)cccc1-c1cccc2c1CCN2C(=O)c1nnc(CN)s1. The third-order valence-electron chi connectivity index (χ3n) is 6.80. The van der Waals surface area contributed by atoms with E-state index in [-0.39, 0.29) is 18.6 Å². The Kier molecular flexibility index (Phi) is 7.10. The number of carbonyl (C=O) groups excluding carboxylic acids is 1. The molecule has 0 spiro atoms. The van der Waals surface area contributed by atoms with Gasteiger partial charge in [0.05, 0.1) is 12.7 Å². The molecule has 184 valence electrons. The van der Waals surface area contributed by atoms with Crippen molar-refractivity contribution in [2.75, 3.05) is 37.7 Å². The first-order chi connectivity index (χ1) is 17.0. The van der Waals surface area contributed by atoms with Crippen molar-refractivity contribution < 1.29 is 14.6 Å². The van der Waals surface area contributed by atoms with E-state index in [4.69, 9.17) is 10.5 Å². The Morgan fingerprint density at radius 3 is 2.80 bits per heavy atom. The number of likely N-dealkylation sites (tertiary alicyclic amines) is 1. The Labute approximate surface area is 209 Å². The molecular weight excluding hydrogens is 462 g/mol. The first-order valence-electron chi connectivity index (χ1n) is 12.1. The number of hydrogen-bond donors (Lipinski definition) is 2. The van der Waals surface area contributed by atoms with E-state index in [2.05, 4.69) is 34.2 Å². The number of β-amino-alcohol motifs (C(OH)–C–C–N with tert-alkyl or cyclic N) is 1. The average Bonchev–Trinajstić information content (AvgIpc) is 3.62. The van der Waals surface area contributed by atoms with E-state index in [1.807, 2.05) is 24.3 Å². The van der Waals surface area contributed by atoms with Crippen molar-refractivity contribution in [3.8, 4) is 16.9 Å². The molecule has 1 aromatic heterocycles. The highest BCUT2D eigenvalue weighted by atomic mass is 32.1. The molecule has 1 fully saturated rings. The zero-order valence-corrected chi connectivity index (χ0v) is 20.8. The Morgan fingerprint density at radius 1 is 1.20 bits per heavy atom. The summed E-state index contributed by atoms with van der Waals surface area (Å²) in [5, 5.41) is 18.8. The van der Waals surface area contributed by atoms with Crippen LogP contribution in [0.25, 0.3) is 11.1 Å². The summed E-state index contributed by atoms with van der Waals surface area (Å²) in [6.07, 6.45) is 2.38. The van der Waals surface area contributed by atoms with Crippen LogP contribution in [0.2, 0.25) is 0 Å². The predicted molar refractivity (Wildman–Crippen MR) is 137 cm³/mol. The number of hydrogen-bond acceptors (Lipinski definition) is 8. The van der Waals surface area contributed by atoms with Gasteiger partial charge < -0.3 is 25.4 Å². The van der Waals surface area contributed by atoms with Crippen LogP contribution in [0.5, 0.6) is 5.75 Å². The van der Waals surface area contributed by atoms with Gasteiger partial charge in [0.25, 0.3) is 5.91 Å². The van der Waals surface area contributed by atoms with Gasteiger partial charge in [0.15, 0.2) is 0 Å². The topological polar surface area (TPSA) is 105 Å². The lowest BCUT2D eigenvalue weighted by molar-refractivity contribution is 0.0988. The van der Waals surface area contributed by atoms with Gasteiger partial charge >= 0.3 is 0 Å². The summed E-state index contributed by atoms with van der Waals surface area (Å²) >= 11 is 1.25. The molecule has 0 radical (unpaired) electrons. The minimum absolute atomic E-state index is 0.127. The van der Waals surface area contributed by atoms with Gasteiger partial charge in [-0.15, -0.1) is 10.2 Å². The van der Waals surface area contributed by atoms with Crippen LogP contribution in [0.15, 0.2) is 36.4 Å². The second-order valence-electron chi connectivity index (χ2n) is 9.09. The van der Waals surface area contributed by atoms with Gasteiger partial charge in [0.2, 0.25) is 5.01 Å². The lowest BCUT2D eigenvalue weighted by atomic mass is 9.94. The normalized spacial score (nSPS) is 17.7. The van der Waals surface area contributed by atoms with Gasteiger partial charge in [0.1, 0.15) is 10.8 Å². The molecule has 3 N–H and O–H groups in total. The van der Waals surface area contributed by atoms with Gasteiger partial charge in [-0.25, -0.2) is 0 Å². The fourth-order valence-electron chi connectivity index (χ4n) is 4.98. The minimum Gasteiger partial charge on any atom is -0.493 e. The maximum absolute atomic E-state index is 13.1. The van der Waals surface area contributed by atoms with E-state index in [9.17, 15) is 9.90 Å². The summed E-state index contributed by atoms with van der Waals surface area (Å²) < 4.78 is 6.16. The van der Waals surface area contributed by atoms with Gasteiger partial charge in [-0.05, 0) is 60.6 Å². The predicted octanol–water partition coefficient (Wildman–Crippen LogP) is 3.01. The third-order valence-corrected chi connectivity index (χ3v) is 7.73. The van der Waals surface area contributed by atoms with Crippen molar-refractivity contribution in [3.63, 3.8) is 0 Å². The number of amides is 1. The van der Waals surface area contributed by atoms with E-state index in [1.54, 1.807) is 4.90 Å². The molecular formula is C26H31N5O3S. The Bertz CT molecular complexity index is 1210. The van der Waals surface area contributed by atoms with Gasteiger partial charge in [0, 0.05) is 38.4 Å². The molecule has 9 heteroatoms. The second-order valence-corrected chi connectivity index (χ2v) is 10.2. The van der Waals surface area contributed by atoms with Crippen LogP contribution in [-0.4, -0.2) is 65.0 Å². The molecule has 3 heterocycles. The number of nitrogens with two attached hydrogens (primary N) is 1. The van der Waals surface area contributed by atoms with Crippen LogP contribution in [0, 0.1) is 6.92 Å². The van der Waals surface area contributed by atoms with Crippen molar-refractivity contribution in [2.24, 2.45) is 5.73 Å². The van der Waals surface area contributed by atoms with Crippen LogP contribution in [-0.2, 0) is 13.0 Å². The molecule has 8 nitrogen and oxygen atoms in total. The van der Waals surface area contributed by atoms with E-state index in [1.165, 1.54) is 11.3 Å². The molecule has 0 bridgehead atoms. The highest BCUT2D eigenvalue weighted by Crippen LogP contribution is 2.39. The molecule has 1 saturated heterocycles. The highest BCUT2D eigenvalue weighted by molar-refractivity contribution is 7.13. The zero-order valence-electron chi connectivity index (χ0n) is 19.9. The number of fused-ring (bicyclic) bond motifs is 1. The number of aliphatic hydroxyl groups excluding tert-OH is 1. The molecule has 1 amide bonds. The van der Waals surface area contributed by atoms with Crippen LogP contribution in [0.3, 0.4) is 0 Å². The van der Waals surface area contributed by atoms with Gasteiger partial charge in [-0.3, -0.25) is 4.79 Å². The number of nitrogens with zero attached hydrogens (tertiary/aromatic N) is 4. The monoisotopic (exact) mass is 493 g/mol. The van der Waals surface area contributed by atoms with Gasteiger partial charge in [-0.1, -0.05) is 35.6 Å². The summed E-state index contributed by atoms with van der Waals surface area (Å²) in [7, 11) is 0. The van der Waals surface area contributed by atoms with Crippen molar-refractivity contribution in [3.05, 3.63) is 57.5 Å². The summed E-state index contributed by atoms with van der Waals surface area (Å²) in [6.45, 7) is 6.29. The van der Waals surface area contributed by atoms with Crippen molar-refractivity contribution >= 4 is 22.9 Å². The smallest absolute Gasteiger partial charge is 0.289 e. The number of aliphatic hydroxyl groups is 1. The average molecular weight is 494 g/mol. The van der Waals surface area contributed by atoms with E-state index in [0.29, 0.717) is 23.2 Å². The molecule has 2 aromatic carbocycles. The summed E-state index contributed by atoms with van der Waals surface area (Å²) in [4.78, 5) is 17.2. The molecule has 1 atom stereocenters. The molecule has 2 aliphatic rings. The van der Waals surface area contributed by atoms with Crippen molar-refractivity contribution in [1.82, 2.24) is 15.1 Å². The van der Waals surface area contributed by atoms with E-state index < -0.39 is 0 Å². The molecule has 2 aliphatic heterocycles. The molecule has 0 aliphatic carbocycles. The van der Waals surface area contributed by atoms with E-state index in [0.717, 1.165) is 72.6 Å². The number of ether oxygens (including phenoxy) is 1. The quantitative estimate of drug-likeness (QED) is 0.465. The van der Waals surface area contributed by atoms with E-state index >= 15 is 0 Å². The fourth-order valence-corrected chi connectivity index (χ4v) is 5.65.